The first-order chi connectivity index (χ1) is 9.24. The number of nitrogens with zero attached hydrogens (tertiary/aromatic N) is 1. The van der Waals surface area contributed by atoms with E-state index in [1.807, 2.05) is 12.1 Å². The Labute approximate surface area is 114 Å². The van der Waals surface area contributed by atoms with Crippen molar-refractivity contribution < 1.29 is 4.79 Å². The van der Waals surface area contributed by atoms with Crippen molar-refractivity contribution in [2.75, 3.05) is 23.7 Å². The highest BCUT2D eigenvalue weighted by molar-refractivity contribution is 5.85. The highest BCUT2D eigenvalue weighted by Crippen LogP contribution is 2.33. The Balaban J connectivity index is 1.64. The Morgan fingerprint density at radius 1 is 1.37 bits per heavy atom. The molecular formula is C15H21N3O. The zero-order chi connectivity index (χ0) is 13.2. The van der Waals surface area contributed by atoms with E-state index in [1.165, 1.54) is 18.4 Å². The molecule has 102 valence electrons. The minimum atomic E-state index is 0.128. The fourth-order valence-corrected chi connectivity index (χ4v) is 3.24. The molecule has 2 aliphatic rings. The van der Waals surface area contributed by atoms with Gasteiger partial charge in [-0.15, -0.1) is 0 Å². The first-order valence-electron chi connectivity index (χ1n) is 7.16. The maximum atomic E-state index is 12.1. The number of carbonyl (C=O) groups is 1. The molecule has 1 aromatic rings. The highest BCUT2D eigenvalue weighted by atomic mass is 16.2. The van der Waals surface area contributed by atoms with Gasteiger partial charge < -0.3 is 16.0 Å². The number of benzene rings is 1. The molecule has 0 aromatic heterocycles. The SMILES string of the molecule is Nc1cccc2c1N(CC(=O)NC1CCCC1)CC2. The van der Waals surface area contributed by atoms with E-state index in [2.05, 4.69) is 16.3 Å². The third-order valence-corrected chi connectivity index (χ3v) is 4.17. The molecule has 4 nitrogen and oxygen atoms in total. The number of nitrogen functional groups attached to an aromatic ring is 1. The van der Waals surface area contributed by atoms with Gasteiger partial charge in [-0.05, 0) is 30.9 Å². The second-order valence-electron chi connectivity index (χ2n) is 5.58. The van der Waals surface area contributed by atoms with Crippen LogP contribution in [-0.4, -0.2) is 25.0 Å². The lowest BCUT2D eigenvalue weighted by molar-refractivity contribution is -0.120. The van der Waals surface area contributed by atoms with Crippen LogP contribution in [0.5, 0.6) is 0 Å². The monoisotopic (exact) mass is 259 g/mol. The summed E-state index contributed by atoms with van der Waals surface area (Å²) in [4.78, 5) is 14.2. The second kappa shape index (κ2) is 5.11. The molecule has 0 atom stereocenters. The van der Waals surface area contributed by atoms with Crippen LogP contribution < -0.4 is 16.0 Å². The lowest BCUT2D eigenvalue weighted by Crippen LogP contribution is -2.40. The Morgan fingerprint density at radius 3 is 2.95 bits per heavy atom. The van der Waals surface area contributed by atoms with E-state index in [9.17, 15) is 4.79 Å². The summed E-state index contributed by atoms with van der Waals surface area (Å²) in [7, 11) is 0. The van der Waals surface area contributed by atoms with Crippen LogP contribution in [0.1, 0.15) is 31.2 Å². The van der Waals surface area contributed by atoms with Gasteiger partial charge in [-0.2, -0.15) is 0 Å². The van der Waals surface area contributed by atoms with E-state index in [0.717, 1.165) is 37.2 Å². The van der Waals surface area contributed by atoms with Gasteiger partial charge in [0.15, 0.2) is 0 Å². The fraction of sp³-hybridized carbons (Fsp3) is 0.533. The van der Waals surface area contributed by atoms with Crippen LogP contribution in [0, 0.1) is 0 Å². The van der Waals surface area contributed by atoms with Gasteiger partial charge in [0, 0.05) is 12.6 Å². The van der Waals surface area contributed by atoms with Crippen molar-refractivity contribution in [1.82, 2.24) is 5.32 Å². The minimum absolute atomic E-state index is 0.128. The van der Waals surface area contributed by atoms with Crippen molar-refractivity contribution in [3.63, 3.8) is 0 Å². The summed E-state index contributed by atoms with van der Waals surface area (Å²) in [6.45, 7) is 1.32. The number of hydrogen-bond donors (Lipinski definition) is 2. The standard InChI is InChI=1S/C15H21N3O/c16-13-7-3-4-11-8-9-18(15(11)13)10-14(19)17-12-5-1-2-6-12/h3-4,7,12H,1-2,5-6,8-10,16H2,(H,17,19). The topological polar surface area (TPSA) is 58.4 Å². The van der Waals surface area contributed by atoms with Crippen LogP contribution in [0.25, 0.3) is 0 Å². The van der Waals surface area contributed by atoms with E-state index in [4.69, 9.17) is 5.73 Å². The molecule has 19 heavy (non-hydrogen) atoms. The van der Waals surface area contributed by atoms with E-state index < -0.39 is 0 Å². The molecule has 0 radical (unpaired) electrons. The Hall–Kier alpha value is -1.71. The molecule has 0 spiro atoms. The molecule has 0 saturated heterocycles. The summed E-state index contributed by atoms with van der Waals surface area (Å²) >= 11 is 0. The Bertz CT molecular complexity index is 480. The van der Waals surface area contributed by atoms with Crippen LogP contribution in [0.4, 0.5) is 11.4 Å². The maximum absolute atomic E-state index is 12.1. The quantitative estimate of drug-likeness (QED) is 0.812. The molecule has 1 aliphatic carbocycles. The van der Waals surface area contributed by atoms with E-state index in [-0.39, 0.29) is 5.91 Å². The normalized spacial score (nSPS) is 18.6. The van der Waals surface area contributed by atoms with Crippen molar-refractivity contribution in [3.05, 3.63) is 23.8 Å². The molecule has 1 fully saturated rings. The predicted octanol–water partition coefficient (Wildman–Crippen LogP) is 1.69. The van der Waals surface area contributed by atoms with Crippen molar-refractivity contribution >= 4 is 17.3 Å². The molecule has 3 rings (SSSR count). The van der Waals surface area contributed by atoms with Crippen LogP contribution in [0.3, 0.4) is 0 Å². The molecule has 0 unspecified atom stereocenters. The van der Waals surface area contributed by atoms with E-state index in [0.29, 0.717) is 12.6 Å². The van der Waals surface area contributed by atoms with Crippen molar-refractivity contribution in [2.24, 2.45) is 0 Å². The largest absolute Gasteiger partial charge is 0.397 e. The van der Waals surface area contributed by atoms with Crippen molar-refractivity contribution in [3.8, 4) is 0 Å². The number of hydrogen-bond acceptors (Lipinski definition) is 3. The fourth-order valence-electron chi connectivity index (χ4n) is 3.24. The molecule has 0 bridgehead atoms. The average Bonchev–Trinajstić information content (AvgIpc) is 3.00. The number of para-hydroxylation sites is 1. The first-order valence-corrected chi connectivity index (χ1v) is 7.16. The predicted molar refractivity (Wildman–Crippen MR) is 77.2 cm³/mol. The highest BCUT2D eigenvalue weighted by Gasteiger charge is 2.24. The zero-order valence-corrected chi connectivity index (χ0v) is 11.2. The van der Waals surface area contributed by atoms with Gasteiger partial charge in [-0.3, -0.25) is 4.79 Å². The second-order valence-corrected chi connectivity index (χ2v) is 5.58. The summed E-state index contributed by atoms with van der Waals surface area (Å²) in [6, 6.07) is 6.38. The first kappa shape index (κ1) is 12.3. The van der Waals surface area contributed by atoms with Gasteiger partial charge in [0.1, 0.15) is 0 Å². The Morgan fingerprint density at radius 2 is 2.16 bits per heavy atom. The average molecular weight is 259 g/mol. The van der Waals surface area contributed by atoms with Crippen LogP contribution in [0.15, 0.2) is 18.2 Å². The van der Waals surface area contributed by atoms with Crippen LogP contribution in [-0.2, 0) is 11.2 Å². The third-order valence-electron chi connectivity index (χ3n) is 4.17. The van der Waals surface area contributed by atoms with Gasteiger partial charge in [-0.1, -0.05) is 25.0 Å². The molecule has 3 N–H and O–H groups in total. The number of amides is 1. The summed E-state index contributed by atoms with van der Waals surface area (Å²) < 4.78 is 0. The third kappa shape index (κ3) is 2.53. The lowest BCUT2D eigenvalue weighted by Gasteiger charge is -2.21. The number of rotatable bonds is 3. The molecule has 1 heterocycles. The van der Waals surface area contributed by atoms with Crippen molar-refractivity contribution in [1.29, 1.82) is 0 Å². The number of fused-ring (bicyclic) bond motifs is 1. The Kier molecular flexibility index (Phi) is 3.32. The molecule has 4 heteroatoms. The number of nitrogens with two attached hydrogens (primary N) is 1. The lowest BCUT2D eigenvalue weighted by atomic mass is 10.1. The van der Waals surface area contributed by atoms with Gasteiger partial charge in [0.25, 0.3) is 0 Å². The van der Waals surface area contributed by atoms with Gasteiger partial charge in [0.05, 0.1) is 17.9 Å². The van der Waals surface area contributed by atoms with Crippen molar-refractivity contribution in [2.45, 2.75) is 38.1 Å². The number of nitrogens with one attached hydrogen (secondary N) is 1. The van der Waals surface area contributed by atoms with Crippen LogP contribution >= 0.6 is 0 Å². The van der Waals surface area contributed by atoms with Gasteiger partial charge in [0.2, 0.25) is 5.91 Å². The van der Waals surface area contributed by atoms with Gasteiger partial charge >= 0.3 is 0 Å². The summed E-state index contributed by atoms with van der Waals surface area (Å²) in [5, 5.41) is 3.13. The summed E-state index contributed by atoms with van der Waals surface area (Å²) in [5.74, 6) is 0.128. The summed E-state index contributed by atoms with van der Waals surface area (Å²) in [6.07, 6.45) is 5.72. The maximum Gasteiger partial charge on any atom is 0.239 e. The van der Waals surface area contributed by atoms with E-state index in [1.54, 1.807) is 0 Å². The number of carbonyl (C=O) groups excluding carboxylic acids is 1. The molecule has 1 aliphatic heterocycles. The molecular weight excluding hydrogens is 238 g/mol. The summed E-state index contributed by atoms with van der Waals surface area (Å²) in [5.41, 5.74) is 9.13. The zero-order valence-electron chi connectivity index (χ0n) is 11.2. The number of anilines is 2. The minimum Gasteiger partial charge on any atom is -0.397 e. The smallest absolute Gasteiger partial charge is 0.239 e. The molecule has 1 amide bonds. The molecule has 1 aromatic carbocycles. The van der Waals surface area contributed by atoms with Gasteiger partial charge in [-0.25, -0.2) is 0 Å². The van der Waals surface area contributed by atoms with Crippen LogP contribution in [0.2, 0.25) is 0 Å². The van der Waals surface area contributed by atoms with E-state index >= 15 is 0 Å². The molecule has 1 saturated carbocycles.